The van der Waals surface area contributed by atoms with E-state index in [1.165, 1.54) is 0 Å². The Bertz CT molecular complexity index is 652. The summed E-state index contributed by atoms with van der Waals surface area (Å²) >= 11 is 0. The minimum absolute atomic E-state index is 0.809. The normalized spacial score (nSPS) is 16.1. The number of rotatable bonds is 3. The molecule has 0 saturated heterocycles. The third-order valence-electron chi connectivity index (χ3n) is 2.31. The Morgan fingerprint density at radius 3 is 2.06 bits per heavy atom. The van der Waals surface area contributed by atoms with Gasteiger partial charge in [-0.2, -0.15) is 0 Å². The van der Waals surface area contributed by atoms with E-state index >= 15 is 0 Å². The molecule has 0 fully saturated rings. The molecule has 0 bridgehead atoms. The van der Waals surface area contributed by atoms with Gasteiger partial charge < -0.3 is 4.42 Å². The molecule has 1 heterocycles. The molecular formula is C16H18O. The van der Waals surface area contributed by atoms with E-state index in [-0.39, 0.29) is 0 Å². The van der Waals surface area contributed by atoms with Gasteiger partial charge >= 0.3 is 0 Å². The second-order valence-corrected chi connectivity index (χ2v) is 3.44. The van der Waals surface area contributed by atoms with Gasteiger partial charge in [0.05, 0.1) is 0 Å². The predicted molar refractivity (Wildman–Crippen MR) is 76.0 cm³/mol. The molecule has 88 valence electrons. The standard InChI is InChI=1S/C16H18O/c1-5-9-12-14-13(10-6-2)16(11-7-3)17-15(14)8-4/h5-12H,2-3H2,1,4H3/b9-5-,13-10?,14-12-,15-8+,16-11+. The third kappa shape index (κ3) is 2.97. The van der Waals surface area contributed by atoms with Gasteiger partial charge in [0.15, 0.2) is 0 Å². The first-order valence-electron chi connectivity index (χ1n) is 5.62. The van der Waals surface area contributed by atoms with Crippen molar-refractivity contribution in [2.45, 2.75) is 13.8 Å². The highest BCUT2D eigenvalue weighted by Crippen LogP contribution is 1.71. The molecule has 0 aliphatic rings. The molecule has 1 nitrogen and oxygen atoms in total. The summed E-state index contributed by atoms with van der Waals surface area (Å²) in [6.45, 7) is 11.4. The SMILES string of the molecule is C=CC=c1c(=C/C=C\C)/c(=C\C)o/c1=C/C=C. The Hall–Kier alpha value is -2.02. The Balaban J connectivity index is 3.93. The summed E-state index contributed by atoms with van der Waals surface area (Å²) in [4.78, 5) is 0. The lowest BCUT2D eigenvalue weighted by atomic mass is 10.2. The smallest absolute Gasteiger partial charge is 0.135 e. The molecular weight excluding hydrogens is 208 g/mol. The minimum Gasteiger partial charge on any atom is -0.456 e. The molecule has 0 aromatic carbocycles. The van der Waals surface area contributed by atoms with E-state index in [1.54, 1.807) is 12.2 Å². The number of furan rings is 1. The Kier molecular flexibility index (Phi) is 5.02. The van der Waals surface area contributed by atoms with Crippen LogP contribution in [0.1, 0.15) is 13.8 Å². The fraction of sp³-hybridized carbons (Fsp3) is 0.125. The van der Waals surface area contributed by atoms with Crippen molar-refractivity contribution in [3.05, 3.63) is 58.7 Å². The van der Waals surface area contributed by atoms with Gasteiger partial charge in [0.2, 0.25) is 0 Å². The Morgan fingerprint density at radius 1 is 0.882 bits per heavy atom. The highest BCUT2D eigenvalue weighted by molar-refractivity contribution is 5.45. The van der Waals surface area contributed by atoms with Gasteiger partial charge in [0.25, 0.3) is 0 Å². The molecule has 1 aromatic rings. The maximum atomic E-state index is 5.76. The second-order valence-electron chi connectivity index (χ2n) is 3.44. The molecule has 0 aliphatic heterocycles. The van der Waals surface area contributed by atoms with Gasteiger partial charge in [-0.1, -0.05) is 49.6 Å². The van der Waals surface area contributed by atoms with Gasteiger partial charge in [-0.25, -0.2) is 0 Å². The lowest BCUT2D eigenvalue weighted by Gasteiger charge is -1.77. The van der Waals surface area contributed by atoms with Crippen molar-refractivity contribution in [1.29, 1.82) is 0 Å². The van der Waals surface area contributed by atoms with Crippen molar-refractivity contribution in [3.63, 3.8) is 0 Å². The van der Waals surface area contributed by atoms with Crippen LogP contribution in [0.3, 0.4) is 0 Å². The molecule has 0 radical (unpaired) electrons. The van der Waals surface area contributed by atoms with Crippen LogP contribution in [-0.2, 0) is 0 Å². The van der Waals surface area contributed by atoms with Gasteiger partial charge in [-0.05, 0) is 26.0 Å². The van der Waals surface area contributed by atoms with Crippen LogP contribution in [0.2, 0.25) is 0 Å². The molecule has 0 spiro atoms. The average molecular weight is 226 g/mol. The summed E-state index contributed by atoms with van der Waals surface area (Å²) in [5.74, 6) is 0. The second kappa shape index (κ2) is 6.54. The van der Waals surface area contributed by atoms with Crippen LogP contribution in [0.25, 0.3) is 24.3 Å². The first kappa shape index (κ1) is 13.0. The number of hydrogen-bond donors (Lipinski definition) is 0. The van der Waals surface area contributed by atoms with Crippen molar-refractivity contribution in [2.24, 2.45) is 0 Å². The summed E-state index contributed by atoms with van der Waals surface area (Å²) in [5.41, 5.74) is 1.67. The lowest BCUT2D eigenvalue weighted by Crippen LogP contribution is -2.37. The van der Waals surface area contributed by atoms with Crippen LogP contribution in [0, 0.1) is 0 Å². The van der Waals surface area contributed by atoms with Crippen molar-refractivity contribution in [3.8, 4) is 0 Å². The highest BCUT2D eigenvalue weighted by Gasteiger charge is 1.95. The van der Waals surface area contributed by atoms with E-state index in [2.05, 4.69) is 13.2 Å². The summed E-state index contributed by atoms with van der Waals surface area (Å²) in [6.07, 6.45) is 15.3. The van der Waals surface area contributed by atoms with Crippen molar-refractivity contribution < 1.29 is 4.42 Å². The topological polar surface area (TPSA) is 13.1 Å². The largest absolute Gasteiger partial charge is 0.456 e. The van der Waals surface area contributed by atoms with Crippen LogP contribution in [0.4, 0.5) is 0 Å². The highest BCUT2D eigenvalue weighted by atomic mass is 16.3. The van der Waals surface area contributed by atoms with Crippen LogP contribution in [0.5, 0.6) is 0 Å². The van der Waals surface area contributed by atoms with Crippen molar-refractivity contribution in [2.75, 3.05) is 0 Å². The molecule has 1 rings (SSSR count). The molecule has 0 atom stereocenters. The van der Waals surface area contributed by atoms with Crippen LogP contribution in [-0.4, -0.2) is 0 Å². The molecule has 1 aromatic heterocycles. The first-order chi connectivity index (χ1) is 8.28. The van der Waals surface area contributed by atoms with E-state index in [0.29, 0.717) is 0 Å². The lowest BCUT2D eigenvalue weighted by molar-refractivity contribution is 0.498. The third-order valence-corrected chi connectivity index (χ3v) is 2.31. The van der Waals surface area contributed by atoms with E-state index in [1.807, 2.05) is 50.3 Å². The number of hydrogen-bond acceptors (Lipinski definition) is 1. The molecule has 0 unspecified atom stereocenters. The maximum Gasteiger partial charge on any atom is 0.135 e. The van der Waals surface area contributed by atoms with Crippen LogP contribution >= 0.6 is 0 Å². The first-order valence-corrected chi connectivity index (χ1v) is 5.62. The minimum atomic E-state index is 0.809. The monoisotopic (exact) mass is 226 g/mol. The number of allylic oxidation sites excluding steroid dienone is 4. The van der Waals surface area contributed by atoms with Crippen LogP contribution < -0.4 is 21.3 Å². The zero-order valence-corrected chi connectivity index (χ0v) is 10.4. The average Bonchev–Trinajstić information content (AvgIpc) is 2.66. The zero-order valence-electron chi connectivity index (χ0n) is 10.4. The Morgan fingerprint density at radius 2 is 1.53 bits per heavy atom. The van der Waals surface area contributed by atoms with Crippen molar-refractivity contribution in [1.82, 2.24) is 0 Å². The van der Waals surface area contributed by atoms with E-state index < -0.39 is 0 Å². The molecule has 1 heteroatoms. The summed E-state index contributed by atoms with van der Waals surface area (Å²) in [6, 6.07) is 0. The van der Waals surface area contributed by atoms with Gasteiger partial charge in [-0.15, -0.1) is 0 Å². The fourth-order valence-corrected chi connectivity index (χ4v) is 1.59. The molecule has 0 amide bonds. The molecule has 0 N–H and O–H groups in total. The fourth-order valence-electron chi connectivity index (χ4n) is 1.59. The van der Waals surface area contributed by atoms with Gasteiger partial charge in [-0.3, -0.25) is 0 Å². The quantitative estimate of drug-likeness (QED) is 0.758. The van der Waals surface area contributed by atoms with Gasteiger partial charge in [0.1, 0.15) is 10.8 Å². The Labute approximate surface area is 102 Å². The molecule has 0 aliphatic carbocycles. The van der Waals surface area contributed by atoms with Crippen molar-refractivity contribution >= 4 is 24.3 Å². The zero-order chi connectivity index (χ0) is 12.7. The van der Waals surface area contributed by atoms with E-state index in [9.17, 15) is 0 Å². The summed E-state index contributed by atoms with van der Waals surface area (Å²) in [7, 11) is 0. The summed E-state index contributed by atoms with van der Waals surface area (Å²) < 4.78 is 5.76. The summed E-state index contributed by atoms with van der Waals surface area (Å²) in [5, 5.41) is 2.10. The maximum absolute atomic E-state index is 5.76. The van der Waals surface area contributed by atoms with Gasteiger partial charge in [0, 0.05) is 10.4 Å². The predicted octanol–water partition coefficient (Wildman–Crippen LogP) is 1.37. The van der Waals surface area contributed by atoms with E-state index in [4.69, 9.17) is 4.42 Å². The van der Waals surface area contributed by atoms with E-state index in [0.717, 1.165) is 21.3 Å². The van der Waals surface area contributed by atoms with Crippen LogP contribution in [0.15, 0.2) is 41.9 Å². The molecule has 17 heavy (non-hydrogen) atoms. The molecule has 0 saturated carbocycles.